The summed E-state index contributed by atoms with van der Waals surface area (Å²) in [6.45, 7) is 2.08. The number of benzene rings is 1. The maximum absolute atomic E-state index is 11.0. The summed E-state index contributed by atoms with van der Waals surface area (Å²) in [6.07, 6.45) is 4.20. The average molecular weight is 266 g/mol. The van der Waals surface area contributed by atoms with Crippen molar-refractivity contribution >= 4 is 11.5 Å². The number of nitrogens with zero attached hydrogens (tertiary/aromatic N) is 2. The fourth-order valence-corrected chi connectivity index (χ4v) is 2.30. The first-order valence-corrected chi connectivity index (χ1v) is 6.39. The summed E-state index contributed by atoms with van der Waals surface area (Å²) >= 11 is 0. The van der Waals surface area contributed by atoms with E-state index in [1.807, 2.05) is 16.5 Å². The van der Waals surface area contributed by atoms with Gasteiger partial charge in [-0.1, -0.05) is 24.3 Å². The lowest BCUT2D eigenvalue weighted by Gasteiger charge is -2.05. The van der Waals surface area contributed by atoms with E-state index < -0.39 is 5.97 Å². The molecule has 0 aliphatic carbocycles. The molecular formula is C16H14N2O2. The molecule has 1 aromatic carbocycles. The van der Waals surface area contributed by atoms with Crippen LogP contribution in [0, 0.1) is 6.92 Å². The molecule has 0 amide bonds. The van der Waals surface area contributed by atoms with Crippen molar-refractivity contribution in [3.8, 4) is 0 Å². The second-order valence-electron chi connectivity index (χ2n) is 4.79. The minimum absolute atomic E-state index is 0.278. The number of fused-ring (bicyclic) bond motifs is 1. The molecule has 20 heavy (non-hydrogen) atoms. The fraction of sp³-hybridized carbons (Fsp3) is 0.125. The normalized spacial score (nSPS) is 10.8. The molecule has 2 heterocycles. The van der Waals surface area contributed by atoms with Crippen LogP contribution in [0.25, 0.3) is 5.52 Å². The van der Waals surface area contributed by atoms with Crippen LogP contribution in [0.15, 0.2) is 48.8 Å². The highest BCUT2D eigenvalue weighted by atomic mass is 16.4. The van der Waals surface area contributed by atoms with E-state index in [4.69, 9.17) is 5.11 Å². The second-order valence-corrected chi connectivity index (χ2v) is 4.79. The summed E-state index contributed by atoms with van der Waals surface area (Å²) < 4.78 is 1.93. The molecule has 2 aromatic heterocycles. The van der Waals surface area contributed by atoms with Gasteiger partial charge in [0, 0.05) is 12.6 Å². The summed E-state index contributed by atoms with van der Waals surface area (Å²) in [7, 11) is 0. The minimum Gasteiger partial charge on any atom is -0.478 e. The summed E-state index contributed by atoms with van der Waals surface area (Å²) in [5.74, 6) is -0.0135. The Bertz CT molecular complexity index is 790. The van der Waals surface area contributed by atoms with Crippen molar-refractivity contribution in [2.75, 3.05) is 0 Å². The number of hydrogen-bond donors (Lipinski definition) is 1. The first-order valence-electron chi connectivity index (χ1n) is 6.39. The number of pyridine rings is 1. The van der Waals surface area contributed by atoms with Gasteiger partial charge in [-0.25, -0.2) is 9.78 Å². The molecule has 0 spiro atoms. The Morgan fingerprint density at radius 3 is 2.85 bits per heavy atom. The standard InChI is InChI=1S/C16H14N2O2/c1-11-4-2-3-5-12(11)9-15-17-10-14-8-13(16(19)20)6-7-18(14)15/h2-8,10H,9H2,1H3,(H,19,20). The number of aromatic nitrogens is 2. The van der Waals surface area contributed by atoms with Gasteiger partial charge in [-0.3, -0.25) is 0 Å². The molecule has 0 atom stereocenters. The highest BCUT2D eigenvalue weighted by Gasteiger charge is 2.09. The fourth-order valence-electron chi connectivity index (χ4n) is 2.30. The average Bonchev–Trinajstić information content (AvgIpc) is 2.84. The molecular weight excluding hydrogens is 252 g/mol. The predicted molar refractivity (Wildman–Crippen MR) is 76.1 cm³/mol. The first-order chi connectivity index (χ1) is 9.65. The Balaban J connectivity index is 2.01. The molecule has 0 fully saturated rings. The van der Waals surface area contributed by atoms with Gasteiger partial charge in [-0.15, -0.1) is 0 Å². The van der Waals surface area contributed by atoms with Crippen molar-refractivity contribution in [3.05, 3.63) is 71.3 Å². The van der Waals surface area contributed by atoms with Crippen LogP contribution in [0.4, 0.5) is 0 Å². The monoisotopic (exact) mass is 266 g/mol. The zero-order chi connectivity index (χ0) is 14.1. The largest absolute Gasteiger partial charge is 0.478 e. The zero-order valence-corrected chi connectivity index (χ0v) is 11.1. The van der Waals surface area contributed by atoms with Gasteiger partial charge in [0.2, 0.25) is 0 Å². The smallest absolute Gasteiger partial charge is 0.335 e. The molecule has 0 saturated carbocycles. The Kier molecular flexibility index (Phi) is 2.99. The van der Waals surface area contributed by atoms with Crippen LogP contribution < -0.4 is 0 Å². The molecule has 4 heteroatoms. The van der Waals surface area contributed by atoms with E-state index >= 15 is 0 Å². The summed E-state index contributed by atoms with van der Waals surface area (Å²) in [5, 5.41) is 8.99. The van der Waals surface area contributed by atoms with E-state index in [2.05, 4.69) is 24.0 Å². The summed E-state index contributed by atoms with van der Waals surface area (Å²) in [6, 6.07) is 11.4. The van der Waals surface area contributed by atoms with Crippen LogP contribution in [0.2, 0.25) is 0 Å². The third kappa shape index (κ3) is 2.16. The Hall–Kier alpha value is -2.62. The van der Waals surface area contributed by atoms with Crippen molar-refractivity contribution in [2.24, 2.45) is 0 Å². The molecule has 0 unspecified atom stereocenters. The Labute approximate surface area is 116 Å². The van der Waals surface area contributed by atoms with Crippen LogP contribution in [-0.2, 0) is 6.42 Å². The highest BCUT2D eigenvalue weighted by molar-refractivity contribution is 5.88. The number of rotatable bonds is 3. The lowest BCUT2D eigenvalue weighted by Crippen LogP contribution is -2.00. The van der Waals surface area contributed by atoms with Gasteiger partial charge in [0.1, 0.15) is 5.82 Å². The van der Waals surface area contributed by atoms with Crippen molar-refractivity contribution < 1.29 is 9.90 Å². The quantitative estimate of drug-likeness (QED) is 0.793. The topological polar surface area (TPSA) is 54.6 Å². The van der Waals surface area contributed by atoms with Crippen LogP contribution >= 0.6 is 0 Å². The van der Waals surface area contributed by atoms with E-state index in [1.165, 1.54) is 11.1 Å². The van der Waals surface area contributed by atoms with E-state index in [9.17, 15) is 4.79 Å². The number of carbonyl (C=O) groups is 1. The lowest BCUT2D eigenvalue weighted by molar-refractivity contribution is 0.0697. The molecule has 0 radical (unpaired) electrons. The van der Waals surface area contributed by atoms with Crippen LogP contribution in [0.3, 0.4) is 0 Å². The van der Waals surface area contributed by atoms with E-state index in [0.717, 1.165) is 17.8 Å². The third-order valence-electron chi connectivity index (χ3n) is 3.47. The molecule has 0 aliphatic heterocycles. The van der Waals surface area contributed by atoms with Crippen molar-refractivity contribution in [3.63, 3.8) is 0 Å². The van der Waals surface area contributed by atoms with Gasteiger partial charge in [0.15, 0.2) is 0 Å². The van der Waals surface area contributed by atoms with Crippen molar-refractivity contribution in [1.82, 2.24) is 9.38 Å². The van der Waals surface area contributed by atoms with Gasteiger partial charge >= 0.3 is 5.97 Å². The molecule has 3 aromatic rings. The van der Waals surface area contributed by atoms with Gasteiger partial charge in [0.25, 0.3) is 0 Å². The summed E-state index contributed by atoms with van der Waals surface area (Å²) in [5.41, 5.74) is 3.53. The summed E-state index contributed by atoms with van der Waals surface area (Å²) in [4.78, 5) is 15.4. The Morgan fingerprint density at radius 2 is 2.10 bits per heavy atom. The molecule has 0 saturated heterocycles. The number of aryl methyl sites for hydroxylation is 1. The van der Waals surface area contributed by atoms with Crippen molar-refractivity contribution in [1.29, 1.82) is 0 Å². The van der Waals surface area contributed by atoms with Crippen molar-refractivity contribution in [2.45, 2.75) is 13.3 Å². The number of aromatic carboxylic acids is 1. The molecule has 100 valence electrons. The zero-order valence-electron chi connectivity index (χ0n) is 11.1. The van der Waals surface area contributed by atoms with E-state index in [-0.39, 0.29) is 5.56 Å². The van der Waals surface area contributed by atoms with Gasteiger partial charge in [-0.05, 0) is 30.2 Å². The maximum atomic E-state index is 11.0. The predicted octanol–water partition coefficient (Wildman–Crippen LogP) is 2.93. The highest BCUT2D eigenvalue weighted by Crippen LogP contribution is 2.15. The van der Waals surface area contributed by atoms with E-state index in [1.54, 1.807) is 24.5 Å². The lowest BCUT2D eigenvalue weighted by atomic mass is 10.1. The number of carboxylic acids is 1. The van der Waals surface area contributed by atoms with E-state index in [0.29, 0.717) is 0 Å². The van der Waals surface area contributed by atoms with Gasteiger partial charge in [-0.2, -0.15) is 0 Å². The van der Waals surface area contributed by atoms with Crippen LogP contribution in [0.5, 0.6) is 0 Å². The molecule has 0 aliphatic rings. The molecule has 3 rings (SSSR count). The molecule has 0 bridgehead atoms. The number of hydrogen-bond acceptors (Lipinski definition) is 2. The second kappa shape index (κ2) is 4.81. The molecule has 1 N–H and O–H groups in total. The molecule has 4 nitrogen and oxygen atoms in total. The SMILES string of the molecule is Cc1ccccc1Cc1ncc2cc(C(=O)O)ccn12. The maximum Gasteiger partial charge on any atom is 0.335 e. The third-order valence-corrected chi connectivity index (χ3v) is 3.47. The number of carboxylic acid groups (broad SMARTS) is 1. The van der Waals surface area contributed by atoms with Gasteiger partial charge in [0.05, 0.1) is 17.3 Å². The van der Waals surface area contributed by atoms with Crippen LogP contribution in [0.1, 0.15) is 27.3 Å². The van der Waals surface area contributed by atoms with Crippen LogP contribution in [-0.4, -0.2) is 20.5 Å². The minimum atomic E-state index is -0.922. The first kappa shape index (κ1) is 12.4. The number of imidazole rings is 1. The van der Waals surface area contributed by atoms with Gasteiger partial charge < -0.3 is 9.51 Å². The Morgan fingerprint density at radius 1 is 1.30 bits per heavy atom.